The van der Waals surface area contributed by atoms with Crippen molar-refractivity contribution in [3.8, 4) is 11.3 Å². The van der Waals surface area contributed by atoms with Crippen LogP contribution < -0.4 is 5.56 Å². The number of rotatable bonds is 3. The van der Waals surface area contributed by atoms with Crippen molar-refractivity contribution < 1.29 is 4.39 Å². The van der Waals surface area contributed by atoms with E-state index in [0.717, 1.165) is 27.7 Å². The Morgan fingerprint density at radius 3 is 2.35 bits per heavy atom. The normalized spacial score (nSPS) is 11.0. The van der Waals surface area contributed by atoms with E-state index in [2.05, 4.69) is 4.98 Å². The maximum absolute atomic E-state index is 13.2. The van der Waals surface area contributed by atoms with E-state index in [1.807, 2.05) is 55.5 Å². The molecule has 3 aromatic carbocycles. The zero-order valence-corrected chi connectivity index (χ0v) is 14.3. The molecule has 3 nitrogen and oxygen atoms in total. The highest BCUT2D eigenvalue weighted by Gasteiger charge is 2.13. The summed E-state index contributed by atoms with van der Waals surface area (Å²) in [6, 6.07) is 21.5. The molecule has 0 aliphatic heterocycles. The Labute approximate surface area is 150 Å². The second-order valence-corrected chi connectivity index (χ2v) is 6.33. The summed E-state index contributed by atoms with van der Waals surface area (Å²) in [6.45, 7) is 2.37. The SMILES string of the molecule is Cc1ccc(-c2nc3ccccc3n(Cc3ccc(F)cc3)c2=O)cc1. The fourth-order valence-electron chi connectivity index (χ4n) is 3.02. The van der Waals surface area contributed by atoms with Gasteiger partial charge in [0.1, 0.15) is 11.5 Å². The molecule has 0 N–H and O–H groups in total. The lowest BCUT2D eigenvalue weighted by Gasteiger charge is -2.13. The maximum Gasteiger partial charge on any atom is 0.277 e. The standard InChI is InChI=1S/C22H17FN2O/c1-15-6-10-17(11-7-15)21-22(26)25(14-16-8-12-18(23)13-9-16)20-5-3-2-4-19(20)24-21/h2-13H,14H2,1H3. The predicted molar refractivity (Wildman–Crippen MR) is 102 cm³/mol. The van der Waals surface area contributed by atoms with E-state index in [0.29, 0.717) is 12.2 Å². The first-order valence-corrected chi connectivity index (χ1v) is 8.43. The van der Waals surface area contributed by atoms with Crippen LogP contribution in [-0.4, -0.2) is 9.55 Å². The van der Waals surface area contributed by atoms with Crippen molar-refractivity contribution in [1.82, 2.24) is 9.55 Å². The van der Waals surface area contributed by atoms with Crippen LogP contribution >= 0.6 is 0 Å². The molecule has 0 saturated carbocycles. The van der Waals surface area contributed by atoms with E-state index < -0.39 is 0 Å². The van der Waals surface area contributed by atoms with Crippen LogP contribution in [0.5, 0.6) is 0 Å². The van der Waals surface area contributed by atoms with Gasteiger partial charge in [-0.15, -0.1) is 0 Å². The Morgan fingerprint density at radius 2 is 1.62 bits per heavy atom. The molecule has 0 aliphatic rings. The number of fused-ring (bicyclic) bond motifs is 1. The molecule has 0 radical (unpaired) electrons. The van der Waals surface area contributed by atoms with E-state index in [1.165, 1.54) is 12.1 Å². The molecular weight excluding hydrogens is 327 g/mol. The van der Waals surface area contributed by atoms with Gasteiger partial charge in [-0.25, -0.2) is 9.37 Å². The zero-order valence-electron chi connectivity index (χ0n) is 14.3. The molecule has 26 heavy (non-hydrogen) atoms. The predicted octanol–water partition coefficient (Wildman–Crippen LogP) is 4.56. The third kappa shape index (κ3) is 3.02. The van der Waals surface area contributed by atoms with Crippen LogP contribution in [0.3, 0.4) is 0 Å². The first kappa shape index (κ1) is 16.2. The smallest absolute Gasteiger partial charge is 0.277 e. The molecule has 0 saturated heterocycles. The van der Waals surface area contributed by atoms with Gasteiger partial charge < -0.3 is 4.57 Å². The van der Waals surface area contributed by atoms with E-state index in [-0.39, 0.29) is 11.4 Å². The first-order valence-electron chi connectivity index (χ1n) is 8.43. The largest absolute Gasteiger partial charge is 0.300 e. The molecule has 0 bridgehead atoms. The fourth-order valence-corrected chi connectivity index (χ4v) is 3.02. The van der Waals surface area contributed by atoms with Gasteiger partial charge in [0.05, 0.1) is 17.6 Å². The van der Waals surface area contributed by atoms with Gasteiger partial charge in [-0.3, -0.25) is 4.79 Å². The minimum absolute atomic E-state index is 0.156. The van der Waals surface area contributed by atoms with E-state index >= 15 is 0 Å². The van der Waals surface area contributed by atoms with Crippen molar-refractivity contribution in [1.29, 1.82) is 0 Å². The van der Waals surface area contributed by atoms with Crippen molar-refractivity contribution in [2.24, 2.45) is 0 Å². The van der Waals surface area contributed by atoms with Gasteiger partial charge >= 0.3 is 0 Å². The van der Waals surface area contributed by atoms with Gasteiger partial charge in [-0.1, -0.05) is 54.1 Å². The van der Waals surface area contributed by atoms with Crippen LogP contribution in [0, 0.1) is 12.7 Å². The van der Waals surface area contributed by atoms with Crippen LogP contribution in [0.15, 0.2) is 77.6 Å². The molecule has 0 amide bonds. The number of hydrogen-bond donors (Lipinski definition) is 0. The van der Waals surface area contributed by atoms with E-state index in [9.17, 15) is 9.18 Å². The third-order valence-corrected chi connectivity index (χ3v) is 4.43. The molecule has 1 heterocycles. The molecule has 1 aromatic heterocycles. The minimum atomic E-state index is -0.291. The topological polar surface area (TPSA) is 34.9 Å². The van der Waals surface area contributed by atoms with Crippen LogP contribution in [-0.2, 0) is 6.54 Å². The van der Waals surface area contributed by atoms with Crippen LogP contribution in [0.1, 0.15) is 11.1 Å². The zero-order chi connectivity index (χ0) is 18.1. The number of benzene rings is 3. The number of halogens is 1. The van der Waals surface area contributed by atoms with E-state index in [1.54, 1.807) is 16.7 Å². The lowest BCUT2D eigenvalue weighted by Crippen LogP contribution is -2.24. The van der Waals surface area contributed by atoms with Crippen molar-refractivity contribution in [3.05, 3.63) is 100 Å². The quantitative estimate of drug-likeness (QED) is 0.546. The summed E-state index contributed by atoms with van der Waals surface area (Å²) in [7, 11) is 0. The number of aromatic nitrogens is 2. The average Bonchev–Trinajstić information content (AvgIpc) is 2.66. The highest BCUT2D eigenvalue weighted by Crippen LogP contribution is 2.19. The molecule has 0 aliphatic carbocycles. The van der Waals surface area contributed by atoms with E-state index in [4.69, 9.17) is 0 Å². The summed E-state index contributed by atoms with van der Waals surface area (Å²) in [5.74, 6) is -0.291. The molecule has 4 aromatic rings. The third-order valence-electron chi connectivity index (χ3n) is 4.43. The summed E-state index contributed by atoms with van der Waals surface area (Å²) < 4.78 is 14.9. The van der Waals surface area contributed by atoms with Gasteiger partial charge in [-0.2, -0.15) is 0 Å². The molecule has 0 atom stereocenters. The second-order valence-electron chi connectivity index (χ2n) is 6.33. The Kier molecular flexibility index (Phi) is 4.09. The van der Waals surface area contributed by atoms with Crippen molar-refractivity contribution in [3.63, 3.8) is 0 Å². The van der Waals surface area contributed by atoms with Gasteiger partial charge in [0.25, 0.3) is 5.56 Å². The minimum Gasteiger partial charge on any atom is -0.300 e. The van der Waals surface area contributed by atoms with Gasteiger partial charge in [0.2, 0.25) is 0 Å². The molecule has 128 valence electrons. The number of nitrogens with zero attached hydrogens (tertiary/aromatic N) is 2. The summed E-state index contributed by atoms with van der Waals surface area (Å²) in [6.07, 6.45) is 0. The Hall–Kier alpha value is -3.27. The van der Waals surface area contributed by atoms with Crippen molar-refractivity contribution in [2.75, 3.05) is 0 Å². The van der Waals surface area contributed by atoms with Gasteiger partial charge in [0.15, 0.2) is 0 Å². The first-order chi connectivity index (χ1) is 12.6. The Bertz CT molecular complexity index is 1130. The number of aryl methyl sites for hydroxylation is 1. The molecular formula is C22H17FN2O. The highest BCUT2D eigenvalue weighted by molar-refractivity contribution is 5.78. The van der Waals surface area contributed by atoms with Crippen LogP contribution in [0.25, 0.3) is 22.3 Å². The lowest BCUT2D eigenvalue weighted by atomic mass is 10.1. The Morgan fingerprint density at radius 1 is 0.923 bits per heavy atom. The number of hydrogen-bond acceptors (Lipinski definition) is 2. The van der Waals surface area contributed by atoms with Crippen molar-refractivity contribution in [2.45, 2.75) is 13.5 Å². The second kappa shape index (κ2) is 6.56. The van der Waals surface area contributed by atoms with Gasteiger partial charge in [-0.05, 0) is 36.8 Å². The van der Waals surface area contributed by atoms with Crippen LogP contribution in [0.2, 0.25) is 0 Å². The molecule has 0 fully saturated rings. The molecule has 0 unspecified atom stereocenters. The van der Waals surface area contributed by atoms with Crippen molar-refractivity contribution >= 4 is 11.0 Å². The summed E-state index contributed by atoms with van der Waals surface area (Å²) in [5, 5.41) is 0. The monoisotopic (exact) mass is 344 g/mol. The molecule has 4 heteroatoms. The highest BCUT2D eigenvalue weighted by atomic mass is 19.1. The number of para-hydroxylation sites is 2. The average molecular weight is 344 g/mol. The maximum atomic E-state index is 13.2. The fraction of sp³-hybridized carbons (Fsp3) is 0.0909. The summed E-state index contributed by atoms with van der Waals surface area (Å²) >= 11 is 0. The lowest BCUT2D eigenvalue weighted by molar-refractivity contribution is 0.626. The molecule has 0 spiro atoms. The van der Waals surface area contributed by atoms with Crippen LogP contribution in [0.4, 0.5) is 4.39 Å². The molecule has 4 rings (SSSR count). The Balaban J connectivity index is 1.92. The summed E-state index contributed by atoms with van der Waals surface area (Å²) in [5.41, 5.74) is 4.56. The van der Waals surface area contributed by atoms with Gasteiger partial charge in [0, 0.05) is 5.56 Å². The summed E-state index contributed by atoms with van der Waals surface area (Å²) in [4.78, 5) is 17.8.